The van der Waals surface area contributed by atoms with Crippen molar-refractivity contribution < 1.29 is 0 Å². The van der Waals surface area contributed by atoms with Crippen LogP contribution in [0.5, 0.6) is 0 Å². The van der Waals surface area contributed by atoms with Gasteiger partial charge in [-0.05, 0) is 5.92 Å². The largest absolute Gasteiger partial charge is 0.0654 e. The summed E-state index contributed by atoms with van der Waals surface area (Å²) in [5.74, 6) is 1.02. The normalized spacial score (nSPS) is 12.4. The second-order valence-corrected chi connectivity index (χ2v) is 13.1. The zero-order chi connectivity index (χ0) is 27.6. The molecule has 0 saturated heterocycles. The number of hydrogen-bond donors (Lipinski definition) is 0. The van der Waals surface area contributed by atoms with Crippen LogP contribution in [0.15, 0.2) is 0 Å². The Balaban J connectivity index is 3.19. The molecule has 0 saturated carbocycles. The molecule has 0 fully saturated rings. The second-order valence-electron chi connectivity index (χ2n) is 13.1. The molecular weight excluding hydrogens is 456 g/mol. The van der Waals surface area contributed by atoms with Crippen molar-refractivity contribution in [2.24, 2.45) is 5.92 Å². The average Bonchev–Trinajstić information content (AvgIpc) is 2.93. The van der Waals surface area contributed by atoms with Gasteiger partial charge in [-0.2, -0.15) is 0 Å². The molecule has 230 valence electrons. The third-order valence-corrected chi connectivity index (χ3v) is 9.26. The molecule has 0 spiro atoms. The summed E-state index contributed by atoms with van der Waals surface area (Å²) in [4.78, 5) is 0. The third-order valence-electron chi connectivity index (χ3n) is 9.26. The summed E-state index contributed by atoms with van der Waals surface area (Å²) >= 11 is 0. The van der Waals surface area contributed by atoms with Crippen molar-refractivity contribution in [1.29, 1.82) is 0 Å². The molecule has 0 aliphatic rings. The molecule has 38 heavy (non-hydrogen) atoms. The first-order valence-electron chi connectivity index (χ1n) is 18.8. The molecule has 0 bridgehead atoms. The van der Waals surface area contributed by atoms with Gasteiger partial charge in [0.2, 0.25) is 0 Å². The minimum absolute atomic E-state index is 1.02. The quantitative estimate of drug-likeness (QED) is 0.0720. The van der Waals surface area contributed by atoms with E-state index < -0.39 is 0 Å². The van der Waals surface area contributed by atoms with Crippen LogP contribution >= 0.6 is 0 Å². The van der Waals surface area contributed by atoms with E-state index in [4.69, 9.17) is 0 Å². The molecule has 0 heterocycles. The van der Waals surface area contributed by atoms with Crippen LogP contribution in [0.1, 0.15) is 239 Å². The zero-order valence-electron chi connectivity index (χ0n) is 27.6. The van der Waals surface area contributed by atoms with Gasteiger partial charge in [-0.25, -0.2) is 0 Å². The predicted octanol–water partition coefficient (Wildman–Crippen LogP) is 14.9. The molecule has 0 aliphatic heterocycles. The molecule has 1 atom stereocenters. The maximum Gasteiger partial charge on any atom is -0.0417 e. The van der Waals surface area contributed by atoms with Crippen molar-refractivity contribution >= 4 is 0 Å². The first-order chi connectivity index (χ1) is 18.8. The van der Waals surface area contributed by atoms with E-state index in [0.717, 1.165) is 5.92 Å². The van der Waals surface area contributed by atoms with Gasteiger partial charge in [0, 0.05) is 0 Å². The number of rotatable bonds is 34. The molecule has 0 aromatic heterocycles. The fraction of sp³-hybridized carbons (Fsp3) is 1.00. The van der Waals surface area contributed by atoms with E-state index >= 15 is 0 Å². The van der Waals surface area contributed by atoms with E-state index in [2.05, 4.69) is 20.8 Å². The van der Waals surface area contributed by atoms with Gasteiger partial charge in [0.15, 0.2) is 0 Å². The first kappa shape index (κ1) is 38.0. The van der Waals surface area contributed by atoms with Crippen molar-refractivity contribution in [1.82, 2.24) is 0 Å². The van der Waals surface area contributed by atoms with Crippen LogP contribution in [0.3, 0.4) is 0 Å². The van der Waals surface area contributed by atoms with Gasteiger partial charge in [-0.15, -0.1) is 0 Å². The standard InChI is InChI=1S/C38H78/c1-4-7-9-11-13-15-16-17-18-19-20-21-22-23-24-25-26-27-28-29-31-33-35-37-38(6-3)36-34-32-30-14-12-10-8-5-2/h38H,4-37H2,1-3H3. The predicted molar refractivity (Wildman–Crippen MR) is 177 cm³/mol. The van der Waals surface area contributed by atoms with Gasteiger partial charge in [0.1, 0.15) is 0 Å². The van der Waals surface area contributed by atoms with E-state index in [1.54, 1.807) is 0 Å². The fourth-order valence-electron chi connectivity index (χ4n) is 6.34. The molecule has 0 rings (SSSR count). The summed E-state index contributed by atoms with van der Waals surface area (Å²) in [5, 5.41) is 0. The molecule has 0 N–H and O–H groups in total. The maximum absolute atomic E-state index is 2.42. The van der Waals surface area contributed by atoms with Gasteiger partial charge >= 0.3 is 0 Å². The molecule has 0 nitrogen and oxygen atoms in total. The van der Waals surface area contributed by atoms with Gasteiger partial charge < -0.3 is 0 Å². The van der Waals surface area contributed by atoms with Crippen LogP contribution in [0.25, 0.3) is 0 Å². The summed E-state index contributed by atoms with van der Waals surface area (Å²) in [6.07, 6.45) is 50.3. The lowest BCUT2D eigenvalue weighted by molar-refractivity contribution is 0.392. The highest BCUT2D eigenvalue weighted by Crippen LogP contribution is 2.22. The molecular formula is C38H78. The highest BCUT2D eigenvalue weighted by Gasteiger charge is 2.06. The average molecular weight is 535 g/mol. The Labute approximate surface area is 244 Å². The van der Waals surface area contributed by atoms with Crippen LogP contribution in [-0.2, 0) is 0 Å². The van der Waals surface area contributed by atoms with Crippen LogP contribution in [-0.4, -0.2) is 0 Å². The highest BCUT2D eigenvalue weighted by molar-refractivity contribution is 4.59. The maximum atomic E-state index is 2.42. The Morgan fingerprint density at radius 2 is 0.421 bits per heavy atom. The lowest BCUT2D eigenvalue weighted by atomic mass is 9.92. The van der Waals surface area contributed by atoms with Crippen molar-refractivity contribution in [3.63, 3.8) is 0 Å². The van der Waals surface area contributed by atoms with Crippen LogP contribution in [0.2, 0.25) is 0 Å². The molecule has 0 aromatic rings. The molecule has 0 aromatic carbocycles. The Kier molecular flexibility index (Phi) is 35.0. The second kappa shape index (κ2) is 35.0. The zero-order valence-corrected chi connectivity index (χ0v) is 27.6. The first-order valence-corrected chi connectivity index (χ1v) is 18.8. The third kappa shape index (κ3) is 32.2. The van der Waals surface area contributed by atoms with Crippen LogP contribution in [0, 0.1) is 5.92 Å². The summed E-state index contributed by atoms with van der Waals surface area (Å²) in [6, 6.07) is 0. The van der Waals surface area contributed by atoms with E-state index in [1.165, 1.54) is 218 Å². The summed E-state index contributed by atoms with van der Waals surface area (Å²) in [7, 11) is 0. The Bertz CT molecular complexity index is 385. The molecule has 0 radical (unpaired) electrons. The molecule has 0 heteroatoms. The van der Waals surface area contributed by atoms with Gasteiger partial charge in [0.05, 0.1) is 0 Å². The van der Waals surface area contributed by atoms with Crippen LogP contribution < -0.4 is 0 Å². The highest BCUT2D eigenvalue weighted by atomic mass is 14.1. The Morgan fingerprint density at radius 1 is 0.237 bits per heavy atom. The van der Waals surface area contributed by atoms with E-state index in [-0.39, 0.29) is 0 Å². The Hall–Kier alpha value is 0. The minimum atomic E-state index is 1.02. The number of hydrogen-bond acceptors (Lipinski definition) is 0. The monoisotopic (exact) mass is 535 g/mol. The van der Waals surface area contributed by atoms with Gasteiger partial charge in [0.25, 0.3) is 0 Å². The van der Waals surface area contributed by atoms with Gasteiger partial charge in [-0.3, -0.25) is 0 Å². The van der Waals surface area contributed by atoms with Crippen molar-refractivity contribution in [3.8, 4) is 0 Å². The summed E-state index contributed by atoms with van der Waals surface area (Å²) in [5.41, 5.74) is 0. The summed E-state index contributed by atoms with van der Waals surface area (Å²) < 4.78 is 0. The molecule has 0 aliphatic carbocycles. The van der Waals surface area contributed by atoms with Gasteiger partial charge in [-0.1, -0.05) is 239 Å². The number of unbranched alkanes of at least 4 members (excludes halogenated alkanes) is 29. The van der Waals surface area contributed by atoms with E-state index in [9.17, 15) is 0 Å². The lowest BCUT2D eigenvalue weighted by Crippen LogP contribution is -1.99. The van der Waals surface area contributed by atoms with E-state index in [1.807, 2.05) is 0 Å². The molecule has 0 amide bonds. The summed E-state index contributed by atoms with van der Waals surface area (Å²) in [6.45, 7) is 7.05. The van der Waals surface area contributed by atoms with Crippen LogP contribution in [0.4, 0.5) is 0 Å². The topological polar surface area (TPSA) is 0 Å². The Morgan fingerprint density at radius 3 is 0.605 bits per heavy atom. The smallest absolute Gasteiger partial charge is 0.0417 e. The molecule has 1 unspecified atom stereocenters. The van der Waals surface area contributed by atoms with Crippen molar-refractivity contribution in [3.05, 3.63) is 0 Å². The van der Waals surface area contributed by atoms with Crippen molar-refractivity contribution in [2.75, 3.05) is 0 Å². The fourth-order valence-corrected chi connectivity index (χ4v) is 6.34. The SMILES string of the molecule is CCCCCCCCCCCCCCCCCCCCCCCCCC(CC)CCCCCCCCCC. The van der Waals surface area contributed by atoms with Crippen molar-refractivity contribution in [2.45, 2.75) is 239 Å². The minimum Gasteiger partial charge on any atom is -0.0654 e. The van der Waals surface area contributed by atoms with E-state index in [0.29, 0.717) is 0 Å². The lowest BCUT2D eigenvalue weighted by Gasteiger charge is -2.14.